The number of carbonyl (C=O) groups excluding carboxylic acids is 2. The van der Waals surface area contributed by atoms with Crippen molar-refractivity contribution in [3.8, 4) is 22.4 Å². The van der Waals surface area contributed by atoms with Crippen LogP contribution in [0, 0.1) is 0 Å². The van der Waals surface area contributed by atoms with E-state index in [4.69, 9.17) is 5.21 Å². The molecule has 0 saturated heterocycles. The van der Waals surface area contributed by atoms with Gasteiger partial charge in [0.2, 0.25) is 5.91 Å². The maximum Gasteiger partial charge on any atom is 0.275 e. The summed E-state index contributed by atoms with van der Waals surface area (Å²) < 4.78 is 0. The molecule has 7 nitrogen and oxygen atoms in total. The molecule has 2 amide bonds. The Morgan fingerprint density at radius 3 is 2.24 bits per heavy atom. The van der Waals surface area contributed by atoms with Crippen LogP contribution in [0.5, 0.6) is 0 Å². The Morgan fingerprint density at radius 1 is 0.941 bits per heavy atom. The Hall–Kier alpha value is -3.81. The number of hydroxylamine groups is 1. The second kappa shape index (κ2) is 11.4. The van der Waals surface area contributed by atoms with Crippen molar-refractivity contribution in [2.75, 3.05) is 6.54 Å². The average Bonchev–Trinajstić information content (AvgIpc) is 2.86. The quantitative estimate of drug-likeness (QED) is 0.206. The molecule has 0 radical (unpaired) electrons. The molecule has 2 aromatic carbocycles. The van der Waals surface area contributed by atoms with Gasteiger partial charge in [-0.05, 0) is 41.7 Å². The van der Waals surface area contributed by atoms with Crippen LogP contribution in [0.4, 0.5) is 0 Å². The van der Waals surface area contributed by atoms with Gasteiger partial charge < -0.3 is 5.32 Å². The summed E-state index contributed by atoms with van der Waals surface area (Å²) in [7, 11) is 0. The van der Waals surface area contributed by atoms with Crippen LogP contribution in [0.1, 0.15) is 29.3 Å². The van der Waals surface area contributed by atoms with E-state index >= 15 is 0 Å². The highest BCUT2D eigenvalue weighted by molar-refractivity contribution is 6.06. The van der Waals surface area contributed by atoms with Crippen LogP contribution in [0.3, 0.4) is 0 Å². The summed E-state index contributed by atoms with van der Waals surface area (Å²) in [5, 5.41) is 12.5. The van der Waals surface area contributed by atoms with Gasteiger partial charge in [0.05, 0.1) is 16.8 Å². The van der Waals surface area contributed by atoms with Crippen molar-refractivity contribution in [2.24, 2.45) is 0 Å². The highest BCUT2D eigenvalue weighted by Gasteiger charge is 2.14. The number of nitrogens with one attached hydrogen (secondary N) is 2. The van der Waals surface area contributed by atoms with Crippen molar-refractivity contribution in [3.63, 3.8) is 0 Å². The number of benzene rings is 2. The minimum absolute atomic E-state index is 0. The lowest BCUT2D eigenvalue weighted by atomic mass is 9.99. The third-order valence-corrected chi connectivity index (χ3v) is 5.44. The van der Waals surface area contributed by atoms with Gasteiger partial charge >= 0.3 is 0 Å². The summed E-state index contributed by atoms with van der Waals surface area (Å²) in [5.41, 5.74) is 7.52. The molecule has 0 saturated carbocycles. The minimum atomic E-state index is -0.606. The van der Waals surface area contributed by atoms with Crippen LogP contribution in [-0.2, 0) is 11.2 Å². The Bertz CT molecular complexity index is 1290. The molecule has 0 unspecified atom stereocenters. The summed E-state index contributed by atoms with van der Waals surface area (Å²) in [5.74, 6) is -0.608. The molecule has 0 aliphatic heterocycles. The normalized spacial score (nSPS) is 10.4. The molecular formula is C26H25ClN4O3. The van der Waals surface area contributed by atoms with Gasteiger partial charge in [-0.15, -0.1) is 12.4 Å². The number of rotatable bonds is 7. The number of pyridine rings is 2. The van der Waals surface area contributed by atoms with Crippen LogP contribution < -0.4 is 10.8 Å². The Kier molecular flexibility index (Phi) is 8.29. The molecule has 2 aromatic heterocycles. The topological polar surface area (TPSA) is 104 Å². The van der Waals surface area contributed by atoms with Gasteiger partial charge in [0.25, 0.3) is 5.91 Å². The van der Waals surface area contributed by atoms with Gasteiger partial charge in [-0.3, -0.25) is 19.8 Å². The van der Waals surface area contributed by atoms with Crippen molar-refractivity contribution < 1.29 is 14.8 Å². The number of hydrogen-bond acceptors (Lipinski definition) is 5. The number of fused-ring (bicyclic) bond motifs is 1. The first-order valence-corrected chi connectivity index (χ1v) is 10.7. The average molecular weight is 477 g/mol. The lowest BCUT2D eigenvalue weighted by Gasteiger charge is -2.09. The molecule has 4 aromatic rings. The molecule has 0 aliphatic rings. The second-order valence-corrected chi connectivity index (χ2v) is 7.75. The Morgan fingerprint density at radius 2 is 1.59 bits per heavy atom. The van der Waals surface area contributed by atoms with Gasteiger partial charge in [-0.2, -0.15) is 0 Å². The molecular weight excluding hydrogens is 452 g/mol. The predicted octanol–water partition coefficient (Wildman–Crippen LogP) is 4.57. The second-order valence-electron chi connectivity index (χ2n) is 7.75. The van der Waals surface area contributed by atoms with Gasteiger partial charge in [-0.25, -0.2) is 10.5 Å². The van der Waals surface area contributed by atoms with Crippen molar-refractivity contribution in [2.45, 2.75) is 19.8 Å². The van der Waals surface area contributed by atoms with Crippen LogP contribution in [0.2, 0.25) is 0 Å². The van der Waals surface area contributed by atoms with E-state index in [1.165, 1.54) is 12.5 Å². The van der Waals surface area contributed by atoms with Crippen molar-refractivity contribution in [1.82, 2.24) is 20.8 Å². The number of hydrogen-bond donors (Lipinski definition) is 3. The van der Waals surface area contributed by atoms with Crippen molar-refractivity contribution in [1.29, 1.82) is 0 Å². The van der Waals surface area contributed by atoms with Gasteiger partial charge in [0.15, 0.2) is 0 Å². The number of amides is 2. The molecule has 34 heavy (non-hydrogen) atoms. The van der Waals surface area contributed by atoms with E-state index in [1.807, 2.05) is 24.3 Å². The van der Waals surface area contributed by atoms with Gasteiger partial charge in [-0.1, -0.05) is 48.5 Å². The standard InChI is InChI=1S/C26H24N4O3.ClH/c1-17(31)28-13-2-3-18-4-6-19(7-5-18)20-8-10-21(11-9-20)25-15-22(26(32)30-33)23-16-27-14-12-24(23)29-25;/h4-12,14-16,33H,2-3,13H2,1H3,(H,28,31)(H,30,32);1H. The smallest absolute Gasteiger partial charge is 0.275 e. The van der Waals surface area contributed by atoms with Crippen LogP contribution in [-0.4, -0.2) is 33.5 Å². The van der Waals surface area contributed by atoms with E-state index in [1.54, 1.807) is 30.0 Å². The van der Waals surface area contributed by atoms with Gasteiger partial charge in [0.1, 0.15) is 0 Å². The molecule has 8 heteroatoms. The zero-order chi connectivity index (χ0) is 23.2. The summed E-state index contributed by atoms with van der Waals surface area (Å²) in [6, 6.07) is 19.8. The maximum absolute atomic E-state index is 12.2. The summed E-state index contributed by atoms with van der Waals surface area (Å²) >= 11 is 0. The molecule has 3 N–H and O–H groups in total. The lowest BCUT2D eigenvalue weighted by molar-refractivity contribution is -0.118. The lowest BCUT2D eigenvalue weighted by Crippen LogP contribution is -2.21. The number of halogens is 1. The van der Waals surface area contributed by atoms with E-state index in [-0.39, 0.29) is 18.3 Å². The largest absolute Gasteiger partial charge is 0.356 e. The van der Waals surface area contributed by atoms with Crippen LogP contribution >= 0.6 is 12.4 Å². The predicted molar refractivity (Wildman–Crippen MR) is 134 cm³/mol. The Balaban J connectivity index is 0.00000324. The SMILES string of the molecule is CC(=O)NCCCc1ccc(-c2ccc(-c3cc(C(=O)NO)c4cnccc4n3)cc2)cc1.Cl. The maximum atomic E-state index is 12.2. The molecule has 4 rings (SSSR count). The molecule has 2 heterocycles. The molecule has 0 spiro atoms. The summed E-state index contributed by atoms with van der Waals surface area (Å²) in [4.78, 5) is 31.8. The van der Waals surface area contributed by atoms with Gasteiger partial charge in [0, 0.05) is 36.8 Å². The number of aryl methyl sites for hydroxylation is 1. The first-order chi connectivity index (χ1) is 16.0. The van der Waals surface area contributed by atoms with E-state index in [0.29, 0.717) is 28.7 Å². The zero-order valence-corrected chi connectivity index (χ0v) is 19.4. The molecule has 0 bridgehead atoms. The monoisotopic (exact) mass is 476 g/mol. The Labute approximate surface area is 203 Å². The summed E-state index contributed by atoms with van der Waals surface area (Å²) in [6.45, 7) is 2.21. The minimum Gasteiger partial charge on any atom is -0.356 e. The highest BCUT2D eigenvalue weighted by Crippen LogP contribution is 2.27. The van der Waals surface area contributed by atoms with Crippen LogP contribution in [0.25, 0.3) is 33.3 Å². The third kappa shape index (κ3) is 5.75. The van der Waals surface area contributed by atoms with E-state index in [2.05, 4.69) is 39.6 Å². The molecule has 0 fully saturated rings. The fraction of sp³-hybridized carbons (Fsp3) is 0.154. The molecule has 0 atom stereocenters. The summed E-state index contributed by atoms with van der Waals surface area (Å²) in [6.07, 6.45) is 4.99. The first-order valence-electron chi connectivity index (χ1n) is 10.7. The molecule has 174 valence electrons. The van der Waals surface area contributed by atoms with Crippen LogP contribution in [0.15, 0.2) is 73.1 Å². The third-order valence-electron chi connectivity index (χ3n) is 5.44. The van der Waals surface area contributed by atoms with E-state index in [0.717, 1.165) is 29.5 Å². The number of carbonyl (C=O) groups is 2. The van der Waals surface area contributed by atoms with E-state index < -0.39 is 5.91 Å². The fourth-order valence-corrected chi connectivity index (χ4v) is 3.72. The fourth-order valence-electron chi connectivity index (χ4n) is 3.72. The first kappa shape index (κ1) is 24.8. The van der Waals surface area contributed by atoms with E-state index in [9.17, 15) is 9.59 Å². The van der Waals surface area contributed by atoms with Crippen molar-refractivity contribution in [3.05, 3.63) is 84.2 Å². The zero-order valence-electron chi connectivity index (χ0n) is 18.6. The number of nitrogens with zero attached hydrogens (tertiary/aromatic N) is 2. The van der Waals surface area contributed by atoms with Crippen molar-refractivity contribution >= 4 is 35.1 Å². The number of aromatic nitrogens is 2. The molecule has 0 aliphatic carbocycles. The highest BCUT2D eigenvalue weighted by atomic mass is 35.5.